The number of carboxylic acid groups (broad SMARTS) is 1. The van der Waals surface area contributed by atoms with Crippen LogP contribution in [0.3, 0.4) is 0 Å². The Hall–Kier alpha value is -4.44. The van der Waals surface area contributed by atoms with Gasteiger partial charge in [0.15, 0.2) is 0 Å². The van der Waals surface area contributed by atoms with Crippen molar-refractivity contribution in [2.24, 2.45) is 0 Å². The van der Waals surface area contributed by atoms with Gasteiger partial charge < -0.3 is 25.9 Å². The Morgan fingerprint density at radius 3 is 2.72 bits per heavy atom. The second kappa shape index (κ2) is 11.4. The number of ether oxygens (including phenoxy) is 1. The minimum Gasteiger partial charge on any atom is -0.494 e. The molecule has 3 aromatic carbocycles. The number of fused-ring (bicyclic) bond motifs is 3. The average Bonchev–Trinajstić information content (AvgIpc) is 3.64. The molecule has 3 aromatic rings. The monoisotopic (exact) mass is 658 g/mol. The van der Waals surface area contributed by atoms with E-state index in [9.17, 15) is 14.7 Å². The van der Waals surface area contributed by atoms with Crippen LogP contribution >= 0.6 is 23.2 Å². The summed E-state index contributed by atoms with van der Waals surface area (Å²) in [6, 6.07) is 16.9. The predicted molar refractivity (Wildman–Crippen MR) is 174 cm³/mol. The molecule has 234 valence electrons. The molecule has 2 fully saturated rings. The van der Waals surface area contributed by atoms with Crippen LogP contribution in [0, 0.1) is 11.2 Å². The van der Waals surface area contributed by atoms with Crippen molar-refractivity contribution in [2.75, 3.05) is 11.9 Å². The number of likely N-dealkylation sites (tertiary alicyclic amines) is 1. The molecular weight excluding hydrogens is 630 g/mol. The second-order valence-corrected chi connectivity index (χ2v) is 12.6. The van der Waals surface area contributed by atoms with Gasteiger partial charge in [-0.25, -0.2) is 9.18 Å². The fourth-order valence-corrected chi connectivity index (χ4v) is 7.89. The number of carbonyl (C=O) groups is 2. The molecule has 11 heteroatoms. The van der Waals surface area contributed by atoms with E-state index in [0.29, 0.717) is 52.9 Å². The van der Waals surface area contributed by atoms with E-state index >= 15 is 4.39 Å². The van der Waals surface area contributed by atoms with Gasteiger partial charge in [-0.3, -0.25) is 9.69 Å². The number of hydrogen-bond donors (Lipinski definition) is 4. The highest BCUT2D eigenvalue weighted by atomic mass is 35.5. The van der Waals surface area contributed by atoms with E-state index in [1.54, 1.807) is 30.3 Å². The van der Waals surface area contributed by atoms with E-state index < -0.39 is 29.3 Å². The molecule has 1 aliphatic carbocycles. The van der Waals surface area contributed by atoms with Gasteiger partial charge >= 0.3 is 5.97 Å². The highest BCUT2D eigenvalue weighted by Crippen LogP contribution is 2.60. The van der Waals surface area contributed by atoms with Crippen molar-refractivity contribution in [1.82, 2.24) is 10.2 Å². The third-order valence-electron chi connectivity index (χ3n) is 9.29. The zero-order chi connectivity index (χ0) is 32.3. The van der Waals surface area contributed by atoms with Crippen molar-refractivity contribution in [3.63, 3.8) is 0 Å². The number of anilines is 1. The molecule has 8 nitrogen and oxygen atoms in total. The van der Waals surface area contributed by atoms with Gasteiger partial charge in [-0.15, -0.1) is 0 Å². The van der Waals surface area contributed by atoms with Crippen LogP contribution in [-0.4, -0.2) is 46.3 Å². The van der Waals surface area contributed by atoms with Crippen LogP contribution in [0.5, 0.6) is 5.75 Å². The fourth-order valence-electron chi connectivity index (χ4n) is 7.53. The van der Waals surface area contributed by atoms with E-state index in [1.807, 2.05) is 37.3 Å². The van der Waals surface area contributed by atoms with E-state index in [4.69, 9.17) is 33.3 Å². The van der Waals surface area contributed by atoms with Crippen LogP contribution < -0.4 is 15.4 Å². The Morgan fingerprint density at radius 1 is 1.15 bits per heavy atom. The zero-order valence-electron chi connectivity index (χ0n) is 24.6. The number of aliphatic carboxylic acids is 1. The number of carboxylic acids is 1. The highest BCUT2D eigenvalue weighted by molar-refractivity contribution is 6.31. The quantitative estimate of drug-likeness (QED) is 0.238. The Labute approximate surface area is 274 Å². The van der Waals surface area contributed by atoms with E-state index in [-0.39, 0.29) is 33.8 Å². The molecule has 4 atom stereocenters. The van der Waals surface area contributed by atoms with Crippen molar-refractivity contribution in [3.8, 4) is 5.75 Å². The predicted octanol–water partition coefficient (Wildman–Crippen LogP) is 6.56. The smallest absolute Gasteiger partial charge is 0.335 e. The van der Waals surface area contributed by atoms with Crippen LogP contribution in [0.15, 0.2) is 95.7 Å². The standard InChI is InChI=1S/C35H29Cl2FN4O4/c1-2-46-21-6-3-5-18(13-21)17-42-29-16-27(22-11-9-19(33(43)44)14-26(22)39)40-32(29)30(23-7-4-8-25(37)31(23)38)35(42)24-12-10-20(36)15-28(24)41-34(35)45/h3-15,29-30,32,39-40H,2,16-17H2,1H3,(H,41,45)(H,43,44)/b27-22-,39-26?/t29?,30-,32+,35+/m0/s1. The average molecular weight is 660 g/mol. The summed E-state index contributed by atoms with van der Waals surface area (Å²) < 4.78 is 22.0. The molecule has 1 unspecified atom stereocenters. The molecule has 2 saturated heterocycles. The lowest BCUT2D eigenvalue weighted by Gasteiger charge is -2.40. The normalized spacial score (nSPS) is 26.5. The van der Waals surface area contributed by atoms with Crippen molar-refractivity contribution in [1.29, 1.82) is 5.41 Å². The van der Waals surface area contributed by atoms with Crippen molar-refractivity contribution in [2.45, 2.75) is 43.4 Å². The summed E-state index contributed by atoms with van der Waals surface area (Å²) in [7, 11) is 0. The maximum atomic E-state index is 16.2. The maximum Gasteiger partial charge on any atom is 0.335 e. The maximum absolute atomic E-state index is 16.2. The number of nitrogens with zero attached hydrogens (tertiary/aromatic N) is 1. The third kappa shape index (κ3) is 4.64. The molecule has 46 heavy (non-hydrogen) atoms. The number of hydrogen-bond acceptors (Lipinski definition) is 6. The van der Waals surface area contributed by atoms with Gasteiger partial charge in [-0.1, -0.05) is 59.6 Å². The first-order chi connectivity index (χ1) is 22.1. The fraction of sp³-hybridized carbons (Fsp3) is 0.229. The van der Waals surface area contributed by atoms with Gasteiger partial charge in [0.1, 0.15) is 17.1 Å². The molecule has 4 N–H and O–H groups in total. The molecule has 0 bridgehead atoms. The minimum absolute atomic E-state index is 0.0130. The number of halogens is 3. The van der Waals surface area contributed by atoms with Crippen LogP contribution in [0.4, 0.5) is 10.1 Å². The number of nitrogens with one attached hydrogen (secondary N) is 3. The molecule has 1 spiro atoms. The van der Waals surface area contributed by atoms with Gasteiger partial charge in [0, 0.05) is 52.5 Å². The molecule has 3 aliphatic heterocycles. The Kier molecular flexibility index (Phi) is 7.50. The van der Waals surface area contributed by atoms with E-state index in [0.717, 1.165) is 5.56 Å². The van der Waals surface area contributed by atoms with Crippen LogP contribution in [0.25, 0.3) is 0 Å². The van der Waals surface area contributed by atoms with Gasteiger partial charge in [0.05, 0.1) is 29.0 Å². The highest BCUT2D eigenvalue weighted by Gasteiger charge is 2.68. The topological polar surface area (TPSA) is 115 Å². The Bertz CT molecular complexity index is 1920. The summed E-state index contributed by atoms with van der Waals surface area (Å²) in [5.41, 5.74) is 2.37. The number of allylic oxidation sites excluding steroid dienone is 3. The lowest BCUT2D eigenvalue weighted by atomic mass is 9.73. The summed E-state index contributed by atoms with van der Waals surface area (Å²) in [5.74, 6) is -2.10. The third-order valence-corrected chi connectivity index (χ3v) is 9.82. The van der Waals surface area contributed by atoms with Gasteiger partial charge in [0.2, 0.25) is 5.91 Å². The molecule has 1 amide bonds. The first kappa shape index (κ1) is 30.2. The number of amides is 1. The van der Waals surface area contributed by atoms with Crippen LogP contribution in [0.2, 0.25) is 10.0 Å². The Balaban J connectivity index is 1.44. The SMILES string of the molecule is CCOc1cccc(CN2C3C/C(=C4\C=CC(C(=O)O)=CC4=N)N[C@H]3[C@H](c3cccc(Cl)c3F)[C@]23C(=O)Nc2cc(Cl)ccc23)c1. The number of rotatable bonds is 6. The second-order valence-electron chi connectivity index (χ2n) is 11.7. The molecule has 3 heterocycles. The Morgan fingerprint density at radius 2 is 1.96 bits per heavy atom. The van der Waals surface area contributed by atoms with Crippen molar-refractivity contribution >= 4 is 46.5 Å². The first-order valence-electron chi connectivity index (χ1n) is 14.9. The largest absolute Gasteiger partial charge is 0.494 e. The molecule has 7 rings (SSSR count). The first-order valence-corrected chi connectivity index (χ1v) is 15.6. The summed E-state index contributed by atoms with van der Waals surface area (Å²) in [6.45, 7) is 2.72. The lowest BCUT2D eigenvalue weighted by molar-refractivity contribution is -0.132. The molecule has 0 saturated carbocycles. The van der Waals surface area contributed by atoms with Crippen LogP contribution in [-0.2, 0) is 21.7 Å². The molecule has 0 radical (unpaired) electrons. The van der Waals surface area contributed by atoms with Crippen LogP contribution in [0.1, 0.15) is 36.0 Å². The molecular formula is C35H29Cl2FN4O4. The van der Waals surface area contributed by atoms with Crippen molar-refractivity contribution in [3.05, 3.63) is 128 Å². The molecule has 4 aliphatic rings. The van der Waals surface area contributed by atoms with Gasteiger partial charge in [0.25, 0.3) is 0 Å². The van der Waals surface area contributed by atoms with Gasteiger partial charge in [-0.2, -0.15) is 0 Å². The number of carbonyl (C=O) groups excluding carboxylic acids is 1. The minimum atomic E-state index is -1.36. The lowest BCUT2D eigenvalue weighted by Crippen LogP contribution is -2.52. The summed E-state index contributed by atoms with van der Waals surface area (Å²) in [6.07, 6.45) is 4.80. The number of benzene rings is 3. The summed E-state index contributed by atoms with van der Waals surface area (Å²) in [4.78, 5) is 28.2. The van der Waals surface area contributed by atoms with Crippen molar-refractivity contribution < 1.29 is 23.8 Å². The molecule has 0 aromatic heterocycles. The summed E-state index contributed by atoms with van der Waals surface area (Å²) >= 11 is 12.7. The zero-order valence-corrected chi connectivity index (χ0v) is 26.1. The van der Waals surface area contributed by atoms with Gasteiger partial charge in [-0.05, 0) is 60.5 Å². The summed E-state index contributed by atoms with van der Waals surface area (Å²) in [5, 5.41) is 25.1. The van der Waals surface area contributed by atoms with E-state index in [1.165, 1.54) is 18.2 Å². The van der Waals surface area contributed by atoms with E-state index in [2.05, 4.69) is 15.5 Å².